The van der Waals surface area contributed by atoms with E-state index in [4.69, 9.17) is 5.11 Å². The van der Waals surface area contributed by atoms with Gasteiger partial charge < -0.3 is 10.4 Å². The second-order valence-corrected chi connectivity index (χ2v) is 4.38. The Bertz CT molecular complexity index is 409. The lowest BCUT2D eigenvalue weighted by Crippen LogP contribution is -2.26. The molecule has 0 saturated carbocycles. The van der Waals surface area contributed by atoms with Crippen molar-refractivity contribution in [3.8, 4) is 0 Å². The van der Waals surface area contributed by atoms with Crippen LogP contribution in [0.3, 0.4) is 0 Å². The lowest BCUT2D eigenvalue weighted by atomic mass is 9.96. The molecule has 0 aliphatic rings. The van der Waals surface area contributed by atoms with E-state index in [9.17, 15) is 9.59 Å². The van der Waals surface area contributed by atoms with E-state index in [2.05, 4.69) is 15.5 Å². The second-order valence-electron chi connectivity index (χ2n) is 4.38. The van der Waals surface area contributed by atoms with Crippen molar-refractivity contribution in [2.24, 2.45) is 5.92 Å². The number of carbonyl (C=O) groups is 2. The van der Waals surface area contributed by atoms with Crippen molar-refractivity contribution in [2.45, 2.75) is 32.6 Å². The summed E-state index contributed by atoms with van der Waals surface area (Å²) in [6.07, 6.45) is 5.42. The lowest BCUT2D eigenvalue weighted by molar-refractivity contribution is -0.137. The molecule has 1 heterocycles. The maximum atomic E-state index is 11.7. The highest BCUT2D eigenvalue weighted by molar-refractivity contribution is 5.93. The highest BCUT2D eigenvalue weighted by Gasteiger charge is 2.10. The smallest absolute Gasteiger partial charge is 0.303 e. The molecule has 0 aliphatic heterocycles. The Hall–Kier alpha value is -1.98. The first-order valence-electron chi connectivity index (χ1n) is 6.40. The van der Waals surface area contributed by atoms with E-state index < -0.39 is 5.97 Å². The molecular formula is C13H19N3O3. The fourth-order valence-corrected chi connectivity index (χ4v) is 1.80. The highest BCUT2D eigenvalue weighted by atomic mass is 16.4. The van der Waals surface area contributed by atoms with Gasteiger partial charge in [0.2, 0.25) is 0 Å². The molecule has 0 aliphatic carbocycles. The summed E-state index contributed by atoms with van der Waals surface area (Å²) in [4.78, 5) is 22.2. The number of amides is 1. The van der Waals surface area contributed by atoms with Crippen molar-refractivity contribution < 1.29 is 14.7 Å². The molecule has 1 aromatic rings. The van der Waals surface area contributed by atoms with Gasteiger partial charge in [-0.05, 0) is 24.8 Å². The van der Waals surface area contributed by atoms with Gasteiger partial charge in [0.25, 0.3) is 5.91 Å². The first-order valence-corrected chi connectivity index (χ1v) is 6.40. The third-order valence-corrected chi connectivity index (χ3v) is 3.03. The second kappa shape index (κ2) is 8.18. The molecule has 1 rings (SSSR count). The molecular weight excluding hydrogens is 246 g/mol. The maximum Gasteiger partial charge on any atom is 0.303 e. The van der Waals surface area contributed by atoms with Crippen LogP contribution in [-0.4, -0.2) is 33.7 Å². The molecule has 1 unspecified atom stereocenters. The summed E-state index contributed by atoms with van der Waals surface area (Å²) >= 11 is 0. The fourth-order valence-electron chi connectivity index (χ4n) is 1.80. The van der Waals surface area contributed by atoms with Gasteiger partial charge in [-0.3, -0.25) is 9.59 Å². The van der Waals surface area contributed by atoms with Gasteiger partial charge in [0.15, 0.2) is 0 Å². The molecule has 1 atom stereocenters. The Balaban J connectivity index is 2.28. The van der Waals surface area contributed by atoms with Gasteiger partial charge in [-0.2, -0.15) is 10.2 Å². The van der Waals surface area contributed by atoms with E-state index in [1.807, 2.05) is 6.92 Å². The summed E-state index contributed by atoms with van der Waals surface area (Å²) in [7, 11) is 0. The van der Waals surface area contributed by atoms with Crippen LogP contribution in [0.1, 0.15) is 43.0 Å². The maximum absolute atomic E-state index is 11.7. The van der Waals surface area contributed by atoms with E-state index in [-0.39, 0.29) is 12.3 Å². The van der Waals surface area contributed by atoms with Gasteiger partial charge in [-0.1, -0.05) is 13.3 Å². The van der Waals surface area contributed by atoms with Gasteiger partial charge in [-0.15, -0.1) is 0 Å². The lowest BCUT2D eigenvalue weighted by Gasteiger charge is -2.13. The summed E-state index contributed by atoms with van der Waals surface area (Å²) in [5, 5.41) is 18.7. The molecule has 19 heavy (non-hydrogen) atoms. The molecule has 0 fully saturated rings. The number of carboxylic acids is 1. The summed E-state index contributed by atoms with van der Waals surface area (Å²) in [6.45, 7) is 2.57. The summed E-state index contributed by atoms with van der Waals surface area (Å²) in [5.74, 6) is -0.625. The average molecular weight is 265 g/mol. The SMILES string of the molecule is CCC(CCNC(=O)c1ccnnc1)CCC(=O)O. The Morgan fingerprint density at radius 3 is 2.74 bits per heavy atom. The number of carbonyl (C=O) groups excluding carboxylic acids is 1. The van der Waals surface area contributed by atoms with E-state index in [1.165, 1.54) is 12.4 Å². The molecule has 1 amide bonds. The normalized spacial score (nSPS) is 11.8. The molecule has 2 N–H and O–H groups in total. The van der Waals surface area contributed by atoms with Crippen LogP contribution in [0.2, 0.25) is 0 Å². The molecule has 6 heteroatoms. The predicted molar refractivity (Wildman–Crippen MR) is 69.6 cm³/mol. The molecule has 0 aromatic carbocycles. The van der Waals surface area contributed by atoms with Gasteiger partial charge >= 0.3 is 5.97 Å². The van der Waals surface area contributed by atoms with Crippen LogP contribution in [0.15, 0.2) is 18.5 Å². The predicted octanol–water partition coefficient (Wildman–Crippen LogP) is 1.49. The Kier molecular flexibility index (Phi) is 6.49. The summed E-state index contributed by atoms with van der Waals surface area (Å²) < 4.78 is 0. The van der Waals surface area contributed by atoms with Gasteiger partial charge in [0.05, 0.1) is 18.0 Å². The topological polar surface area (TPSA) is 92.2 Å². The molecule has 0 saturated heterocycles. The molecule has 0 radical (unpaired) electrons. The largest absolute Gasteiger partial charge is 0.481 e. The van der Waals surface area contributed by atoms with Crippen LogP contribution in [0, 0.1) is 5.92 Å². The van der Waals surface area contributed by atoms with Gasteiger partial charge in [0, 0.05) is 13.0 Å². The van der Waals surface area contributed by atoms with Crippen LogP contribution < -0.4 is 5.32 Å². The molecule has 1 aromatic heterocycles. The number of hydrogen-bond donors (Lipinski definition) is 2. The van der Waals surface area contributed by atoms with E-state index in [0.29, 0.717) is 24.4 Å². The number of aromatic nitrogens is 2. The summed E-state index contributed by atoms with van der Waals surface area (Å²) in [5.41, 5.74) is 0.480. The number of hydrogen-bond acceptors (Lipinski definition) is 4. The van der Waals surface area contributed by atoms with Crippen molar-refractivity contribution in [3.05, 3.63) is 24.0 Å². The van der Waals surface area contributed by atoms with Crippen molar-refractivity contribution >= 4 is 11.9 Å². The van der Waals surface area contributed by atoms with Gasteiger partial charge in [-0.25, -0.2) is 0 Å². The minimum absolute atomic E-state index is 0.178. The van der Waals surface area contributed by atoms with Gasteiger partial charge in [0.1, 0.15) is 0 Å². The van der Waals surface area contributed by atoms with Crippen molar-refractivity contribution in [1.29, 1.82) is 0 Å². The van der Waals surface area contributed by atoms with E-state index in [1.54, 1.807) is 6.07 Å². The van der Waals surface area contributed by atoms with Crippen molar-refractivity contribution in [2.75, 3.05) is 6.54 Å². The number of nitrogens with zero attached hydrogens (tertiary/aromatic N) is 2. The van der Waals surface area contributed by atoms with Crippen LogP contribution in [0.5, 0.6) is 0 Å². The standard InChI is InChI=1S/C13H19N3O3/c1-2-10(3-4-12(17)18)5-7-14-13(19)11-6-8-15-16-9-11/h6,8-10H,2-5,7H2,1H3,(H,14,19)(H,17,18). The van der Waals surface area contributed by atoms with Crippen molar-refractivity contribution in [1.82, 2.24) is 15.5 Å². The third-order valence-electron chi connectivity index (χ3n) is 3.03. The number of nitrogens with one attached hydrogen (secondary N) is 1. The summed E-state index contributed by atoms with van der Waals surface area (Å²) in [6, 6.07) is 1.60. The molecule has 104 valence electrons. The fraction of sp³-hybridized carbons (Fsp3) is 0.538. The van der Waals surface area contributed by atoms with E-state index >= 15 is 0 Å². The number of carboxylic acid groups (broad SMARTS) is 1. The first kappa shape index (κ1) is 15.1. The Labute approximate surface area is 112 Å². The third kappa shape index (κ3) is 5.94. The Morgan fingerprint density at radius 2 is 2.16 bits per heavy atom. The zero-order valence-corrected chi connectivity index (χ0v) is 11.0. The minimum Gasteiger partial charge on any atom is -0.481 e. The molecule has 0 spiro atoms. The monoisotopic (exact) mass is 265 g/mol. The quantitative estimate of drug-likeness (QED) is 0.743. The average Bonchev–Trinajstić information content (AvgIpc) is 2.43. The van der Waals surface area contributed by atoms with Crippen LogP contribution in [0.4, 0.5) is 0 Å². The Morgan fingerprint density at radius 1 is 1.37 bits per heavy atom. The van der Waals surface area contributed by atoms with Crippen LogP contribution >= 0.6 is 0 Å². The highest BCUT2D eigenvalue weighted by Crippen LogP contribution is 2.14. The minimum atomic E-state index is -0.773. The van der Waals surface area contributed by atoms with Crippen molar-refractivity contribution in [3.63, 3.8) is 0 Å². The number of rotatable bonds is 8. The number of aliphatic carboxylic acids is 1. The van der Waals surface area contributed by atoms with Crippen LogP contribution in [-0.2, 0) is 4.79 Å². The molecule has 0 bridgehead atoms. The van der Waals surface area contributed by atoms with E-state index in [0.717, 1.165) is 12.8 Å². The molecule has 6 nitrogen and oxygen atoms in total. The van der Waals surface area contributed by atoms with Crippen LogP contribution in [0.25, 0.3) is 0 Å². The first-order chi connectivity index (χ1) is 9.13. The zero-order chi connectivity index (χ0) is 14.1. The zero-order valence-electron chi connectivity index (χ0n) is 11.0.